The topological polar surface area (TPSA) is 24.9 Å². The van der Waals surface area contributed by atoms with Gasteiger partial charge in [-0.3, -0.25) is 0 Å². The quantitative estimate of drug-likeness (QED) is 0.317. The molecule has 0 saturated heterocycles. The Labute approximate surface area is 190 Å². The van der Waals surface area contributed by atoms with E-state index in [2.05, 4.69) is 34.1 Å². The number of benzene rings is 4. The van der Waals surface area contributed by atoms with Crippen molar-refractivity contribution in [3.8, 4) is 34.1 Å². The molecule has 0 radical (unpaired) electrons. The van der Waals surface area contributed by atoms with E-state index in [0.29, 0.717) is 0 Å². The molecule has 0 saturated carbocycles. The Balaban J connectivity index is 1.39. The molecule has 162 valence electrons. The van der Waals surface area contributed by atoms with Gasteiger partial charge in [0.1, 0.15) is 23.0 Å². The zero-order chi connectivity index (χ0) is 22.5. The third kappa shape index (κ3) is 5.22. The number of hydrogen-bond acceptors (Lipinski definition) is 4. The molecule has 0 fully saturated rings. The zero-order valence-electron chi connectivity index (χ0n) is 18.9. The summed E-state index contributed by atoms with van der Waals surface area (Å²) < 4.78 is 11.9. The first-order chi connectivity index (χ1) is 15.5. The van der Waals surface area contributed by atoms with Gasteiger partial charge in [-0.2, -0.15) is 0 Å². The van der Waals surface area contributed by atoms with Crippen LogP contribution in [-0.2, 0) is 0 Å². The van der Waals surface area contributed by atoms with Crippen molar-refractivity contribution in [2.24, 2.45) is 0 Å². The molecule has 0 heterocycles. The third-order valence-electron chi connectivity index (χ3n) is 5.22. The molecule has 4 aromatic rings. The molecule has 0 atom stereocenters. The molecule has 32 heavy (non-hydrogen) atoms. The molecule has 4 heteroatoms. The fourth-order valence-electron chi connectivity index (χ4n) is 3.33. The summed E-state index contributed by atoms with van der Waals surface area (Å²) in [7, 11) is 8.09. The van der Waals surface area contributed by atoms with Gasteiger partial charge in [0.15, 0.2) is 0 Å². The van der Waals surface area contributed by atoms with Gasteiger partial charge in [-0.1, -0.05) is 24.3 Å². The van der Waals surface area contributed by atoms with Crippen LogP contribution in [0.3, 0.4) is 0 Å². The molecule has 0 aliphatic heterocycles. The maximum absolute atomic E-state index is 5.97. The van der Waals surface area contributed by atoms with E-state index in [1.54, 1.807) is 0 Å². The van der Waals surface area contributed by atoms with E-state index in [1.807, 2.05) is 101 Å². The molecule has 0 bridgehead atoms. The molecule has 0 N–H and O–H groups in total. The first-order valence-corrected chi connectivity index (χ1v) is 10.6. The lowest BCUT2D eigenvalue weighted by Crippen LogP contribution is -2.07. The minimum Gasteiger partial charge on any atom is -0.457 e. The van der Waals surface area contributed by atoms with Crippen molar-refractivity contribution in [3.63, 3.8) is 0 Å². The second-order valence-electron chi connectivity index (χ2n) is 8.03. The van der Waals surface area contributed by atoms with Crippen LogP contribution in [-0.4, -0.2) is 28.2 Å². The lowest BCUT2D eigenvalue weighted by atomic mass is 10.1. The lowest BCUT2D eigenvalue weighted by molar-refractivity contribution is 0.482. The van der Waals surface area contributed by atoms with Gasteiger partial charge >= 0.3 is 0 Å². The second-order valence-corrected chi connectivity index (χ2v) is 8.03. The van der Waals surface area contributed by atoms with E-state index in [4.69, 9.17) is 9.47 Å². The first kappa shape index (κ1) is 21.3. The summed E-state index contributed by atoms with van der Waals surface area (Å²) in [6, 6.07) is 32.4. The van der Waals surface area contributed by atoms with Gasteiger partial charge in [-0.25, -0.2) is 0 Å². The standard InChI is InChI=1S/C28H28N2O2/c1-29(2)23-9-17-27(18-10-23)31-25-13-5-21(6-14-25)22-7-15-26(16-8-22)32-28-19-11-24(12-20-28)30(3)4/h5-20H,1-4H3. The monoisotopic (exact) mass is 424 g/mol. The zero-order valence-corrected chi connectivity index (χ0v) is 18.9. The van der Waals surface area contributed by atoms with Crippen LogP contribution in [0.2, 0.25) is 0 Å². The first-order valence-electron chi connectivity index (χ1n) is 10.6. The van der Waals surface area contributed by atoms with Crippen molar-refractivity contribution in [2.45, 2.75) is 0 Å². The van der Waals surface area contributed by atoms with Gasteiger partial charge in [0.05, 0.1) is 0 Å². The van der Waals surface area contributed by atoms with Gasteiger partial charge in [0, 0.05) is 39.6 Å². The molecule has 4 aromatic carbocycles. The van der Waals surface area contributed by atoms with Crippen molar-refractivity contribution in [2.75, 3.05) is 38.0 Å². The number of anilines is 2. The predicted octanol–water partition coefficient (Wildman–Crippen LogP) is 7.07. The molecule has 0 amide bonds. The lowest BCUT2D eigenvalue weighted by Gasteiger charge is -2.13. The second kappa shape index (κ2) is 9.48. The summed E-state index contributed by atoms with van der Waals surface area (Å²) >= 11 is 0. The molecule has 0 unspecified atom stereocenters. The van der Waals surface area contributed by atoms with Crippen LogP contribution in [0.5, 0.6) is 23.0 Å². The van der Waals surface area contributed by atoms with Crippen LogP contribution in [0.1, 0.15) is 0 Å². The number of ether oxygens (including phenoxy) is 2. The van der Waals surface area contributed by atoms with Crippen LogP contribution in [0.4, 0.5) is 11.4 Å². The van der Waals surface area contributed by atoms with E-state index in [9.17, 15) is 0 Å². The third-order valence-corrected chi connectivity index (χ3v) is 5.22. The van der Waals surface area contributed by atoms with Crippen molar-refractivity contribution < 1.29 is 9.47 Å². The Morgan fingerprint density at radius 3 is 0.875 bits per heavy atom. The van der Waals surface area contributed by atoms with Crippen molar-refractivity contribution in [3.05, 3.63) is 97.1 Å². The fraction of sp³-hybridized carbons (Fsp3) is 0.143. The van der Waals surface area contributed by atoms with E-state index >= 15 is 0 Å². The fourth-order valence-corrected chi connectivity index (χ4v) is 3.33. The van der Waals surface area contributed by atoms with Crippen LogP contribution < -0.4 is 19.3 Å². The summed E-state index contributed by atoms with van der Waals surface area (Å²) in [6.07, 6.45) is 0. The Hall–Kier alpha value is -3.92. The molecule has 4 rings (SSSR count). The number of rotatable bonds is 7. The summed E-state index contributed by atoms with van der Waals surface area (Å²) in [5.41, 5.74) is 4.54. The highest BCUT2D eigenvalue weighted by Gasteiger charge is 2.04. The van der Waals surface area contributed by atoms with Gasteiger partial charge in [-0.05, 0) is 83.9 Å². The minimum atomic E-state index is 0.812. The molecule has 4 nitrogen and oxygen atoms in total. The van der Waals surface area contributed by atoms with Gasteiger partial charge in [0.2, 0.25) is 0 Å². The van der Waals surface area contributed by atoms with Crippen LogP contribution in [0, 0.1) is 0 Å². The van der Waals surface area contributed by atoms with Crippen LogP contribution >= 0.6 is 0 Å². The maximum atomic E-state index is 5.97. The van der Waals surface area contributed by atoms with E-state index in [0.717, 1.165) is 45.5 Å². The van der Waals surface area contributed by atoms with Crippen molar-refractivity contribution in [1.29, 1.82) is 0 Å². The Bertz CT molecular complexity index is 1040. The Morgan fingerprint density at radius 1 is 0.375 bits per heavy atom. The predicted molar refractivity (Wildman–Crippen MR) is 134 cm³/mol. The van der Waals surface area contributed by atoms with Crippen LogP contribution in [0.25, 0.3) is 11.1 Å². The van der Waals surface area contributed by atoms with Crippen molar-refractivity contribution >= 4 is 11.4 Å². The number of hydrogen-bond donors (Lipinski definition) is 0. The highest BCUT2D eigenvalue weighted by Crippen LogP contribution is 2.29. The maximum Gasteiger partial charge on any atom is 0.127 e. The van der Waals surface area contributed by atoms with Gasteiger partial charge in [0.25, 0.3) is 0 Å². The average Bonchev–Trinajstić information content (AvgIpc) is 2.81. The minimum absolute atomic E-state index is 0.812. The largest absolute Gasteiger partial charge is 0.457 e. The van der Waals surface area contributed by atoms with E-state index in [-0.39, 0.29) is 0 Å². The van der Waals surface area contributed by atoms with E-state index in [1.165, 1.54) is 0 Å². The smallest absolute Gasteiger partial charge is 0.127 e. The number of nitrogens with zero attached hydrogens (tertiary/aromatic N) is 2. The van der Waals surface area contributed by atoms with Gasteiger partial charge < -0.3 is 19.3 Å². The van der Waals surface area contributed by atoms with Crippen molar-refractivity contribution in [1.82, 2.24) is 0 Å². The summed E-state index contributed by atoms with van der Waals surface area (Å²) in [6.45, 7) is 0. The molecular formula is C28H28N2O2. The molecule has 0 aromatic heterocycles. The molecule has 0 spiro atoms. The average molecular weight is 425 g/mol. The molecular weight excluding hydrogens is 396 g/mol. The summed E-state index contributed by atoms with van der Waals surface area (Å²) in [5.74, 6) is 3.27. The highest BCUT2D eigenvalue weighted by molar-refractivity contribution is 5.65. The molecule has 0 aliphatic rings. The van der Waals surface area contributed by atoms with E-state index < -0.39 is 0 Å². The molecule has 0 aliphatic carbocycles. The van der Waals surface area contributed by atoms with Crippen LogP contribution in [0.15, 0.2) is 97.1 Å². The normalized spacial score (nSPS) is 10.5. The summed E-state index contributed by atoms with van der Waals surface area (Å²) in [5, 5.41) is 0. The Kier molecular flexibility index (Phi) is 6.31. The Morgan fingerprint density at radius 2 is 0.625 bits per heavy atom. The highest BCUT2D eigenvalue weighted by atomic mass is 16.5. The van der Waals surface area contributed by atoms with Gasteiger partial charge in [-0.15, -0.1) is 0 Å². The summed E-state index contributed by atoms with van der Waals surface area (Å²) in [4.78, 5) is 4.13. The SMILES string of the molecule is CN(C)c1ccc(Oc2ccc(-c3ccc(Oc4ccc(N(C)C)cc4)cc3)cc2)cc1.